The molecule has 2 aromatic rings. The van der Waals surface area contributed by atoms with Crippen LogP contribution in [0.15, 0.2) is 30.5 Å². The standard InChI is InChI=1S/C13H11F2N3O2/c1-7-2-3-12(16-6-7)17-13(19)8-4-9(14)10(15)5-11(8)18-20/h2-6,18,20H,1H3,(H,16,17,19)/p+1. The number of nitrogens with zero attached hydrogens (tertiary/aromatic N) is 1. The highest BCUT2D eigenvalue weighted by atomic mass is 19.2. The van der Waals surface area contributed by atoms with Crippen LogP contribution in [0, 0.1) is 18.6 Å². The van der Waals surface area contributed by atoms with Gasteiger partial charge in [0.15, 0.2) is 17.3 Å². The molecule has 0 atom stereocenters. The molecular weight excluding hydrogens is 268 g/mol. The average Bonchev–Trinajstić information content (AvgIpc) is 2.43. The van der Waals surface area contributed by atoms with Gasteiger partial charge >= 0.3 is 0 Å². The van der Waals surface area contributed by atoms with Gasteiger partial charge in [0.2, 0.25) is 0 Å². The number of carbonyl (C=O) groups excluding carboxylic acids is 1. The fourth-order valence-electron chi connectivity index (χ4n) is 1.59. The summed E-state index contributed by atoms with van der Waals surface area (Å²) in [6.45, 7) is 1.84. The van der Waals surface area contributed by atoms with Gasteiger partial charge in [0.25, 0.3) is 5.91 Å². The van der Waals surface area contributed by atoms with Crippen LogP contribution in [0.1, 0.15) is 15.9 Å². The molecule has 2 rings (SSSR count). The SMILES string of the molecule is Cc1ccc(NC(=O)c2cc(F)c(F)cc2[NH2+]O)nc1. The van der Waals surface area contributed by atoms with Crippen LogP contribution in [-0.4, -0.2) is 16.1 Å². The maximum absolute atomic E-state index is 13.2. The zero-order valence-corrected chi connectivity index (χ0v) is 10.5. The highest BCUT2D eigenvalue weighted by Gasteiger charge is 2.19. The summed E-state index contributed by atoms with van der Waals surface area (Å²) < 4.78 is 26.2. The lowest BCUT2D eigenvalue weighted by Crippen LogP contribution is -2.74. The van der Waals surface area contributed by atoms with Crippen LogP contribution in [0.4, 0.5) is 20.3 Å². The Bertz CT molecular complexity index is 645. The molecule has 7 heteroatoms. The van der Waals surface area contributed by atoms with Crippen molar-refractivity contribution in [1.29, 1.82) is 0 Å². The molecule has 20 heavy (non-hydrogen) atoms. The molecule has 0 aliphatic carbocycles. The highest BCUT2D eigenvalue weighted by Crippen LogP contribution is 2.17. The first-order valence-corrected chi connectivity index (χ1v) is 5.71. The number of carbonyl (C=O) groups is 1. The number of hydrogen-bond donors (Lipinski definition) is 3. The average molecular weight is 280 g/mol. The third-order valence-electron chi connectivity index (χ3n) is 2.63. The van der Waals surface area contributed by atoms with E-state index in [0.29, 0.717) is 5.48 Å². The van der Waals surface area contributed by atoms with E-state index in [9.17, 15) is 13.6 Å². The molecule has 0 saturated heterocycles. The fourth-order valence-corrected chi connectivity index (χ4v) is 1.59. The van der Waals surface area contributed by atoms with E-state index in [4.69, 9.17) is 5.21 Å². The first-order chi connectivity index (χ1) is 9.51. The molecule has 0 radical (unpaired) electrons. The number of nitrogens with one attached hydrogen (secondary N) is 1. The third kappa shape index (κ3) is 2.95. The van der Waals surface area contributed by atoms with Gasteiger partial charge in [-0.15, -0.1) is 0 Å². The Morgan fingerprint density at radius 2 is 2.00 bits per heavy atom. The van der Waals surface area contributed by atoms with Crippen LogP contribution in [0.3, 0.4) is 0 Å². The lowest BCUT2D eigenvalue weighted by molar-refractivity contribution is -0.825. The van der Waals surface area contributed by atoms with E-state index in [2.05, 4.69) is 10.3 Å². The number of amides is 1. The van der Waals surface area contributed by atoms with Crippen molar-refractivity contribution in [2.24, 2.45) is 0 Å². The van der Waals surface area contributed by atoms with Gasteiger partial charge in [-0.1, -0.05) is 6.07 Å². The maximum atomic E-state index is 13.2. The van der Waals surface area contributed by atoms with Gasteiger partial charge in [0.05, 0.1) is 0 Å². The van der Waals surface area contributed by atoms with Crippen molar-refractivity contribution >= 4 is 17.4 Å². The van der Waals surface area contributed by atoms with Crippen LogP contribution in [0.2, 0.25) is 0 Å². The molecule has 0 saturated carbocycles. The Kier molecular flexibility index (Phi) is 4.02. The predicted octanol–water partition coefficient (Wildman–Crippen LogP) is 1.50. The number of benzene rings is 1. The Labute approximate surface area is 113 Å². The van der Waals surface area contributed by atoms with Crippen molar-refractivity contribution in [2.45, 2.75) is 6.92 Å². The lowest BCUT2D eigenvalue weighted by Gasteiger charge is -2.07. The van der Waals surface area contributed by atoms with E-state index in [0.717, 1.165) is 17.7 Å². The Morgan fingerprint density at radius 1 is 1.30 bits per heavy atom. The van der Waals surface area contributed by atoms with Crippen LogP contribution >= 0.6 is 0 Å². The molecule has 1 heterocycles. The number of aryl methyl sites for hydroxylation is 1. The minimum Gasteiger partial charge on any atom is -0.306 e. The van der Waals surface area contributed by atoms with E-state index >= 15 is 0 Å². The second-order valence-electron chi connectivity index (χ2n) is 4.16. The molecule has 1 aromatic heterocycles. The monoisotopic (exact) mass is 280 g/mol. The molecule has 0 aliphatic heterocycles. The highest BCUT2D eigenvalue weighted by molar-refractivity contribution is 6.06. The topological polar surface area (TPSA) is 78.8 Å². The van der Waals surface area contributed by atoms with Crippen molar-refractivity contribution in [3.05, 3.63) is 53.2 Å². The van der Waals surface area contributed by atoms with Crippen molar-refractivity contribution < 1.29 is 24.3 Å². The van der Waals surface area contributed by atoms with Crippen molar-refractivity contribution in [1.82, 2.24) is 4.98 Å². The summed E-state index contributed by atoms with van der Waals surface area (Å²) in [6.07, 6.45) is 1.56. The molecule has 0 aliphatic rings. The molecule has 104 valence electrons. The molecular formula is C13H12F2N3O2+. The summed E-state index contributed by atoms with van der Waals surface area (Å²) in [5.74, 6) is -2.73. The number of rotatable bonds is 3. The van der Waals surface area contributed by atoms with E-state index in [1.807, 2.05) is 6.92 Å². The zero-order valence-electron chi connectivity index (χ0n) is 10.5. The minimum absolute atomic E-state index is 0.117. The van der Waals surface area contributed by atoms with Crippen LogP contribution < -0.4 is 10.8 Å². The minimum atomic E-state index is -1.17. The first-order valence-electron chi connectivity index (χ1n) is 5.71. The van der Waals surface area contributed by atoms with Gasteiger partial charge in [-0.3, -0.25) is 4.79 Å². The smallest absolute Gasteiger partial charge is 0.263 e. The summed E-state index contributed by atoms with van der Waals surface area (Å²) >= 11 is 0. The van der Waals surface area contributed by atoms with E-state index in [1.165, 1.54) is 0 Å². The van der Waals surface area contributed by atoms with Gasteiger partial charge in [-0.25, -0.2) is 19.0 Å². The molecule has 0 fully saturated rings. The second-order valence-corrected chi connectivity index (χ2v) is 4.16. The van der Waals surface area contributed by atoms with E-state index in [-0.39, 0.29) is 17.1 Å². The molecule has 0 bridgehead atoms. The van der Waals surface area contributed by atoms with Crippen LogP contribution in [-0.2, 0) is 0 Å². The number of anilines is 1. The van der Waals surface area contributed by atoms with Crippen molar-refractivity contribution in [2.75, 3.05) is 5.32 Å². The molecule has 0 spiro atoms. The van der Waals surface area contributed by atoms with Crippen LogP contribution in [0.5, 0.6) is 0 Å². The Hall–Kier alpha value is -2.38. The van der Waals surface area contributed by atoms with E-state index in [1.54, 1.807) is 18.3 Å². The first kappa shape index (κ1) is 14.0. The van der Waals surface area contributed by atoms with Gasteiger partial charge < -0.3 is 5.32 Å². The van der Waals surface area contributed by atoms with Crippen LogP contribution in [0.25, 0.3) is 0 Å². The Balaban J connectivity index is 2.29. The zero-order chi connectivity index (χ0) is 14.7. The predicted molar refractivity (Wildman–Crippen MR) is 66.7 cm³/mol. The molecule has 1 aromatic carbocycles. The number of nitrogens with two attached hydrogens (primary N) is 1. The third-order valence-corrected chi connectivity index (χ3v) is 2.63. The van der Waals surface area contributed by atoms with E-state index < -0.39 is 17.5 Å². The summed E-state index contributed by atoms with van der Waals surface area (Å²) in [4.78, 5) is 15.9. The van der Waals surface area contributed by atoms with Gasteiger partial charge in [-0.2, -0.15) is 5.48 Å². The lowest BCUT2D eigenvalue weighted by atomic mass is 10.1. The molecule has 4 N–H and O–H groups in total. The number of quaternary nitrogens is 1. The summed E-state index contributed by atoms with van der Waals surface area (Å²) in [5, 5.41) is 11.4. The van der Waals surface area contributed by atoms with Gasteiger partial charge in [0.1, 0.15) is 11.4 Å². The van der Waals surface area contributed by atoms with Gasteiger partial charge in [0, 0.05) is 12.3 Å². The normalized spacial score (nSPS) is 10.4. The molecule has 5 nitrogen and oxygen atoms in total. The number of pyridine rings is 1. The fraction of sp³-hybridized carbons (Fsp3) is 0.0769. The number of halogens is 2. The second kappa shape index (κ2) is 5.72. The Morgan fingerprint density at radius 3 is 2.60 bits per heavy atom. The molecule has 0 unspecified atom stereocenters. The van der Waals surface area contributed by atoms with Crippen molar-refractivity contribution in [3.63, 3.8) is 0 Å². The maximum Gasteiger partial charge on any atom is 0.263 e. The largest absolute Gasteiger partial charge is 0.306 e. The number of hydrogen-bond acceptors (Lipinski definition) is 3. The van der Waals surface area contributed by atoms with Gasteiger partial charge in [-0.05, 0) is 24.6 Å². The summed E-state index contributed by atoms with van der Waals surface area (Å²) in [6, 6.07) is 4.79. The quantitative estimate of drug-likeness (QED) is 0.589. The summed E-state index contributed by atoms with van der Waals surface area (Å²) in [5.41, 5.74) is 1.16. The summed E-state index contributed by atoms with van der Waals surface area (Å²) in [7, 11) is 0. The van der Waals surface area contributed by atoms with Crippen molar-refractivity contribution in [3.8, 4) is 0 Å². The number of aromatic nitrogens is 1. The molecule has 1 amide bonds.